The second-order valence-electron chi connectivity index (χ2n) is 4.92. The molecule has 0 spiro atoms. The molecular weight excluding hydrogens is 267 g/mol. The van der Waals surface area contributed by atoms with Crippen molar-refractivity contribution >= 4 is 11.6 Å². The predicted octanol–water partition coefficient (Wildman–Crippen LogP) is 3.94. The molecule has 110 valence electrons. The third-order valence-electron chi connectivity index (χ3n) is 3.23. The maximum Gasteiger partial charge on any atom is 0.227 e. The zero-order valence-corrected chi connectivity index (χ0v) is 12.1. The highest BCUT2D eigenvalue weighted by molar-refractivity contribution is 5.93. The fourth-order valence-corrected chi connectivity index (χ4v) is 2.10. The van der Waals surface area contributed by atoms with E-state index in [-0.39, 0.29) is 11.7 Å². The monoisotopic (exact) mass is 286 g/mol. The van der Waals surface area contributed by atoms with E-state index in [0.29, 0.717) is 18.7 Å². The van der Waals surface area contributed by atoms with Gasteiger partial charge in [0.15, 0.2) is 0 Å². The van der Waals surface area contributed by atoms with Gasteiger partial charge in [-0.3, -0.25) is 9.78 Å². The van der Waals surface area contributed by atoms with Crippen molar-refractivity contribution in [2.45, 2.75) is 32.7 Å². The van der Waals surface area contributed by atoms with E-state index in [1.165, 1.54) is 12.1 Å². The fraction of sp³-hybridized carbons (Fsp3) is 0.294. The SMILES string of the molecule is CCCCC(=O)N(Cc1cccnc1)c1cccc(F)c1. The molecule has 1 amide bonds. The Morgan fingerprint density at radius 1 is 1.29 bits per heavy atom. The molecule has 1 heterocycles. The van der Waals surface area contributed by atoms with E-state index in [1.807, 2.05) is 19.1 Å². The summed E-state index contributed by atoms with van der Waals surface area (Å²) in [6.07, 6.45) is 5.66. The Kier molecular flexibility index (Phi) is 5.43. The lowest BCUT2D eigenvalue weighted by Gasteiger charge is -2.23. The summed E-state index contributed by atoms with van der Waals surface area (Å²) in [6.45, 7) is 2.45. The number of amides is 1. The first-order valence-electron chi connectivity index (χ1n) is 7.15. The summed E-state index contributed by atoms with van der Waals surface area (Å²) in [5, 5.41) is 0. The van der Waals surface area contributed by atoms with Gasteiger partial charge in [0, 0.05) is 24.5 Å². The molecule has 0 fully saturated rings. The van der Waals surface area contributed by atoms with Crippen molar-refractivity contribution in [3.8, 4) is 0 Å². The summed E-state index contributed by atoms with van der Waals surface area (Å²) in [5.41, 5.74) is 1.51. The minimum atomic E-state index is -0.341. The van der Waals surface area contributed by atoms with E-state index < -0.39 is 0 Å². The Labute approximate surface area is 124 Å². The molecule has 0 aliphatic carbocycles. The number of aromatic nitrogens is 1. The van der Waals surface area contributed by atoms with Crippen molar-refractivity contribution in [3.63, 3.8) is 0 Å². The molecule has 3 nitrogen and oxygen atoms in total. The third-order valence-corrected chi connectivity index (χ3v) is 3.23. The number of hydrogen-bond donors (Lipinski definition) is 0. The molecule has 0 saturated heterocycles. The summed E-state index contributed by atoms with van der Waals surface area (Å²) in [5.74, 6) is -0.335. The number of benzene rings is 1. The minimum absolute atomic E-state index is 0.00584. The van der Waals surface area contributed by atoms with Gasteiger partial charge in [-0.15, -0.1) is 0 Å². The first-order chi connectivity index (χ1) is 10.2. The van der Waals surface area contributed by atoms with Crippen LogP contribution in [0.1, 0.15) is 31.7 Å². The molecule has 21 heavy (non-hydrogen) atoms. The number of pyridine rings is 1. The summed E-state index contributed by atoms with van der Waals surface area (Å²) >= 11 is 0. The molecule has 0 aliphatic rings. The quantitative estimate of drug-likeness (QED) is 0.805. The molecule has 4 heteroatoms. The van der Waals surface area contributed by atoms with Gasteiger partial charge >= 0.3 is 0 Å². The van der Waals surface area contributed by atoms with Gasteiger partial charge in [0.25, 0.3) is 0 Å². The van der Waals surface area contributed by atoms with E-state index in [4.69, 9.17) is 0 Å². The number of hydrogen-bond acceptors (Lipinski definition) is 2. The van der Waals surface area contributed by atoms with Crippen LogP contribution in [-0.4, -0.2) is 10.9 Å². The van der Waals surface area contributed by atoms with Crippen molar-refractivity contribution in [3.05, 3.63) is 60.2 Å². The average molecular weight is 286 g/mol. The Morgan fingerprint density at radius 3 is 2.81 bits per heavy atom. The van der Waals surface area contributed by atoms with Crippen LogP contribution in [0.4, 0.5) is 10.1 Å². The molecule has 0 aliphatic heterocycles. The van der Waals surface area contributed by atoms with Crippen LogP contribution >= 0.6 is 0 Å². The van der Waals surface area contributed by atoms with E-state index in [9.17, 15) is 9.18 Å². The van der Waals surface area contributed by atoms with Crippen LogP contribution in [0.2, 0.25) is 0 Å². The third kappa shape index (κ3) is 4.38. The highest BCUT2D eigenvalue weighted by Crippen LogP contribution is 2.20. The number of anilines is 1. The number of carbonyl (C=O) groups is 1. The van der Waals surface area contributed by atoms with Crippen LogP contribution in [-0.2, 0) is 11.3 Å². The number of carbonyl (C=O) groups excluding carboxylic acids is 1. The van der Waals surface area contributed by atoms with Crippen molar-refractivity contribution in [1.82, 2.24) is 4.98 Å². The molecular formula is C17H19FN2O. The number of unbranched alkanes of at least 4 members (excludes halogenated alkanes) is 1. The lowest BCUT2D eigenvalue weighted by molar-refractivity contribution is -0.118. The number of halogens is 1. The van der Waals surface area contributed by atoms with Crippen LogP contribution in [0.25, 0.3) is 0 Å². The van der Waals surface area contributed by atoms with E-state index in [1.54, 1.807) is 29.4 Å². The second kappa shape index (κ2) is 7.53. The summed E-state index contributed by atoms with van der Waals surface area (Å²) in [7, 11) is 0. The average Bonchev–Trinajstić information content (AvgIpc) is 2.51. The van der Waals surface area contributed by atoms with Crippen molar-refractivity contribution in [2.75, 3.05) is 4.90 Å². The van der Waals surface area contributed by atoms with Crippen molar-refractivity contribution in [1.29, 1.82) is 0 Å². The van der Waals surface area contributed by atoms with Crippen LogP contribution in [0.5, 0.6) is 0 Å². The number of nitrogens with zero attached hydrogens (tertiary/aromatic N) is 2. The molecule has 1 aromatic carbocycles. The van der Waals surface area contributed by atoms with Crippen LogP contribution in [0.3, 0.4) is 0 Å². The maximum atomic E-state index is 13.4. The van der Waals surface area contributed by atoms with Gasteiger partial charge in [-0.05, 0) is 36.2 Å². The zero-order valence-electron chi connectivity index (χ0n) is 12.1. The molecule has 0 saturated carbocycles. The van der Waals surface area contributed by atoms with Gasteiger partial charge < -0.3 is 4.90 Å². The molecule has 0 bridgehead atoms. The molecule has 1 aromatic heterocycles. The standard InChI is InChI=1S/C17H19FN2O/c1-2-3-9-17(21)20(13-14-6-5-10-19-12-14)16-8-4-7-15(18)11-16/h4-8,10-12H,2-3,9,13H2,1H3. The van der Waals surface area contributed by atoms with E-state index in [0.717, 1.165) is 18.4 Å². The normalized spacial score (nSPS) is 10.4. The largest absolute Gasteiger partial charge is 0.308 e. The summed E-state index contributed by atoms with van der Waals surface area (Å²) < 4.78 is 13.4. The Bertz CT molecular complexity index is 586. The molecule has 2 rings (SSSR count). The summed E-state index contributed by atoms with van der Waals surface area (Å²) in [6, 6.07) is 9.88. The van der Waals surface area contributed by atoms with Crippen LogP contribution < -0.4 is 4.90 Å². The lowest BCUT2D eigenvalue weighted by atomic mass is 10.2. The number of rotatable bonds is 6. The zero-order chi connectivity index (χ0) is 15.1. The second-order valence-corrected chi connectivity index (χ2v) is 4.92. The molecule has 0 radical (unpaired) electrons. The Hall–Kier alpha value is -2.23. The van der Waals surface area contributed by atoms with Gasteiger partial charge in [0.05, 0.1) is 6.54 Å². The fourth-order valence-electron chi connectivity index (χ4n) is 2.10. The first kappa shape index (κ1) is 15.2. The van der Waals surface area contributed by atoms with Gasteiger partial charge in [0.2, 0.25) is 5.91 Å². The van der Waals surface area contributed by atoms with E-state index >= 15 is 0 Å². The lowest BCUT2D eigenvalue weighted by Crippen LogP contribution is -2.30. The maximum absolute atomic E-state index is 13.4. The summed E-state index contributed by atoms with van der Waals surface area (Å²) in [4.78, 5) is 18.1. The van der Waals surface area contributed by atoms with Crippen molar-refractivity contribution in [2.24, 2.45) is 0 Å². The Morgan fingerprint density at radius 2 is 2.14 bits per heavy atom. The highest BCUT2D eigenvalue weighted by Gasteiger charge is 2.16. The minimum Gasteiger partial charge on any atom is -0.308 e. The topological polar surface area (TPSA) is 33.2 Å². The van der Waals surface area contributed by atoms with Gasteiger partial charge in [-0.2, -0.15) is 0 Å². The van der Waals surface area contributed by atoms with E-state index in [2.05, 4.69) is 4.98 Å². The predicted molar refractivity (Wildman–Crippen MR) is 81.4 cm³/mol. The van der Waals surface area contributed by atoms with Crippen LogP contribution in [0, 0.1) is 5.82 Å². The Balaban J connectivity index is 2.23. The molecule has 0 unspecified atom stereocenters. The van der Waals surface area contributed by atoms with Crippen LogP contribution in [0.15, 0.2) is 48.8 Å². The smallest absolute Gasteiger partial charge is 0.227 e. The molecule has 0 atom stereocenters. The van der Waals surface area contributed by atoms with Gasteiger partial charge in [-0.25, -0.2) is 4.39 Å². The van der Waals surface area contributed by atoms with Gasteiger partial charge in [0.1, 0.15) is 5.82 Å². The molecule has 2 aromatic rings. The highest BCUT2D eigenvalue weighted by atomic mass is 19.1. The van der Waals surface area contributed by atoms with Gasteiger partial charge in [-0.1, -0.05) is 25.5 Å². The first-order valence-corrected chi connectivity index (χ1v) is 7.15. The molecule has 0 N–H and O–H groups in total. The van der Waals surface area contributed by atoms with Crippen molar-refractivity contribution < 1.29 is 9.18 Å².